The Hall–Kier alpha value is -2.01. The zero-order chi connectivity index (χ0) is 14.7. The van der Waals surface area contributed by atoms with Crippen molar-refractivity contribution in [3.8, 4) is 11.5 Å². The molecule has 2 aromatic rings. The number of carbonyl (C=O) groups excluding carboxylic acids is 1. The Morgan fingerprint density at radius 1 is 1.43 bits per heavy atom. The van der Waals surface area contributed by atoms with Gasteiger partial charge in [0.25, 0.3) is 0 Å². The van der Waals surface area contributed by atoms with E-state index in [0.29, 0.717) is 18.3 Å². The first-order valence-corrected chi connectivity index (χ1v) is 7.31. The summed E-state index contributed by atoms with van der Waals surface area (Å²) in [6.45, 7) is 4.41. The van der Waals surface area contributed by atoms with E-state index in [4.69, 9.17) is 4.42 Å². The van der Waals surface area contributed by atoms with Gasteiger partial charge in [0.15, 0.2) is 0 Å². The van der Waals surface area contributed by atoms with Crippen LogP contribution in [0, 0.1) is 12.8 Å². The highest BCUT2D eigenvalue weighted by atomic mass is 16.4. The SMILES string of the molecule is Cc1cccc(-c2nnc(CN3CCCC(C=O)C3)o2)c1. The molecule has 1 saturated heterocycles. The lowest BCUT2D eigenvalue weighted by Gasteiger charge is -2.28. The monoisotopic (exact) mass is 285 g/mol. The second-order valence-electron chi connectivity index (χ2n) is 5.64. The first-order valence-electron chi connectivity index (χ1n) is 7.31. The molecular weight excluding hydrogens is 266 g/mol. The van der Waals surface area contributed by atoms with E-state index < -0.39 is 0 Å². The van der Waals surface area contributed by atoms with Crippen LogP contribution >= 0.6 is 0 Å². The summed E-state index contributed by atoms with van der Waals surface area (Å²) in [5.41, 5.74) is 2.11. The van der Waals surface area contributed by atoms with Crippen molar-refractivity contribution >= 4 is 6.29 Å². The molecule has 1 aliphatic heterocycles. The largest absolute Gasteiger partial charge is 0.419 e. The van der Waals surface area contributed by atoms with Crippen molar-refractivity contribution < 1.29 is 9.21 Å². The Bertz CT molecular complexity index is 623. The molecule has 5 nitrogen and oxygen atoms in total. The number of aryl methyl sites for hydroxylation is 1. The van der Waals surface area contributed by atoms with Crippen LogP contribution < -0.4 is 0 Å². The molecule has 0 amide bonds. The Kier molecular flexibility index (Phi) is 4.10. The van der Waals surface area contributed by atoms with Gasteiger partial charge in [-0.2, -0.15) is 0 Å². The molecule has 1 unspecified atom stereocenters. The summed E-state index contributed by atoms with van der Waals surface area (Å²) >= 11 is 0. The summed E-state index contributed by atoms with van der Waals surface area (Å²) in [4.78, 5) is 13.1. The Labute approximate surface area is 124 Å². The lowest BCUT2D eigenvalue weighted by Crippen LogP contribution is -2.35. The van der Waals surface area contributed by atoms with Gasteiger partial charge in [0.1, 0.15) is 6.29 Å². The summed E-state index contributed by atoms with van der Waals surface area (Å²) in [6.07, 6.45) is 3.08. The average Bonchev–Trinajstić information content (AvgIpc) is 2.96. The molecular formula is C16H19N3O2. The second kappa shape index (κ2) is 6.18. The van der Waals surface area contributed by atoms with Gasteiger partial charge >= 0.3 is 0 Å². The maximum absolute atomic E-state index is 10.9. The molecule has 0 radical (unpaired) electrons. The fourth-order valence-electron chi connectivity index (χ4n) is 2.75. The van der Waals surface area contributed by atoms with Crippen molar-refractivity contribution in [3.63, 3.8) is 0 Å². The summed E-state index contributed by atoms with van der Waals surface area (Å²) in [6, 6.07) is 8.01. The van der Waals surface area contributed by atoms with E-state index in [1.54, 1.807) is 0 Å². The number of likely N-dealkylation sites (tertiary alicyclic amines) is 1. The third-order valence-electron chi connectivity index (χ3n) is 3.83. The Morgan fingerprint density at radius 2 is 2.33 bits per heavy atom. The molecule has 0 spiro atoms. The molecule has 1 aliphatic rings. The van der Waals surface area contributed by atoms with E-state index in [0.717, 1.165) is 43.3 Å². The minimum Gasteiger partial charge on any atom is -0.419 e. The van der Waals surface area contributed by atoms with E-state index in [1.165, 1.54) is 0 Å². The third-order valence-corrected chi connectivity index (χ3v) is 3.83. The van der Waals surface area contributed by atoms with E-state index in [-0.39, 0.29) is 5.92 Å². The number of benzene rings is 1. The van der Waals surface area contributed by atoms with Gasteiger partial charge in [-0.05, 0) is 38.4 Å². The smallest absolute Gasteiger partial charge is 0.247 e. The van der Waals surface area contributed by atoms with E-state index in [2.05, 4.69) is 15.1 Å². The topological polar surface area (TPSA) is 59.2 Å². The van der Waals surface area contributed by atoms with Gasteiger partial charge in [0.05, 0.1) is 6.54 Å². The van der Waals surface area contributed by atoms with E-state index in [1.807, 2.05) is 31.2 Å². The van der Waals surface area contributed by atoms with Crippen LogP contribution in [0.5, 0.6) is 0 Å². The summed E-state index contributed by atoms with van der Waals surface area (Å²) in [5, 5.41) is 8.24. The second-order valence-corrected chi connectivity index (χ2v) is 5.64. The molecule has 2 heterocycles. The van der Waals surface area contributed by atoms with Crippen LogP contribution in [0.15, 0.2) is 28.7 Å². The molecule has 5 heteroatoms. The van der Waals surface area contributed by atoms with Gasteiger partial charge in [-0.1, -0.05) is 17.7 Å². The molecule has 21 heavy (non-hydrogen) atoms. The van der Waals surface area contributed by atoms with Crippen LogP contribution in [0.1, 0.15) is 24.3 Å². The quantitative estimate of drug-likeness (QED) is 0.808. The zero-order valence-corrected chi connectivity index (χ0v) is 12.2. The number of aldehydes is 1. The van der Waals surface area contributed by atoms with Crippen molar-refractivity contribution in [1.29, 1.82) is 0 Å². The van der Waals surface area contributed by atoms with Crippen LogP contribution in [0.3, 0.4) is 0 Å². The summed E-state index contributed by atoms with van der Waals surface area (Å²) in [5.74, 6) is 1.30. The molecule has 3 rings (SSSR count). The lowest BCUT2D eigenvalue weighted by atomic mass is 10.00. The van der Waals surface area contributed by atoms with Crippen molar-refractivity contribution in [2.75, 3.05) is 13.1 Å². The number of nitrogens with zero attached hydrogens (tertiary/aromatic N) is 3. The molecule has 0 N–H and O–H groups in total. The zero-order valence-electron chi connectivity index (χ0n) is 12.2. The Balaban J connectivity index is 1.69. The predicted molar refractivity (Wildman–Crippen MR) is 78.5 cm³/mol. The van der Waals surface area contributed by atoms with Crippen LogP contribution in [-0.2, 0) is 11.3 Å². The first-order chi connectivity index (χ1) is 10.2. The van der Waals surface area contributed by atoms with Crippen molar-refractivity contribution in [3.05, 3.63) is 35.7 Å². The van der Waals surface area contributed by atoms with Crippen LogP contribution in [0.25, 0.3) is 11.5 Å². The van der Waals surface area contributed by atoms with Crippen molar-refractivity contribution in [2.45, 2.75) is 26.3 Å². The first kappa shape index (κ1) is 13.9. The molecule has 0 bridgehead atoms. The molecule has 0 aliphatic carbocycles. The highest BCUT2D eigenvalue weighted by molar-refractivity contribution is 5.54. The minimum absolute atomic E-state index is 0.137. The molecule has 1 atom stereocenters. The number of piperidine rings is 1. The number of hydrogen-bond acceptors (Lipinski definition) is 5. The van der Waals surface area contributed by atoms with Gasteiger partial charge in [-0.25, -0.2) is 0 Å². The molecule has 1 aromatic heterocycles. The van der Waals surface area contributed by atoms with E-state index in [9.17, 15) is 4.79 Å². The normalized spacial score (nSPS) is 19.6. The summed E-state index contributed by atoms with van der Waals surface area (Å²) < 4.78 is 5.74. The van der Waals surface area contributed by atoms with Gasteiger partial charge in [-0.3, -0.25) is 4.90 Å². The number of hydrogen-bond donors (Lipinski definition) is 0. The van der Waals surface area contributed by atoms with Crippen molar-refractivity contribution in [2.24, 2.45) is 5.92 Å². The third kappa shape index (κ3) is 3.36. The van der Waals surface area contributed by atoms with Crippen LogP contribution in [0.2, 0.25) is 0 Å². The van der Waals surface area contributed by atoms with Gasteiger partial charge < -0.3 is 9.21 Å². The molecule has 1 aromatic carbocycles. The Morgan fingerprint density at radius 3 is 3.14 bits per heavy atom. The van der Waals surface area contributed by atoms with Gasteiger partial charge in [-0.15, -0.1) is 10.2 Å². The lowest BCUT2D eigenvalue weighted by molar-refractivity contribution is -0.112. The fourth-order valence-corrected chi connectivity index (χ4v) is 2.75. The fraction of sp³-hybridized carbons (Fsp3) is 0.438. The summed E-state index contributed by atoms with van der Waals surface area (Å²) in [7, 11) is 0. The number of aromatic nitrogens is 2. The van der Waals surface area contributed by atoms with Gasteiger partial charge in [0, 0.05) is 18.0 Å². The van der Waals surface area contributed by atoms with Crippen LogP contribution in [-0.4, -0.2) is 34.5 Å². The maximum atomic E-state index is 10.9. The standard InChI is InChI=1S/C16H19N3O2/c1-12-4-2-6-14(8-12)16-18-17-15(21-16)10-19-7-3-5-13(9-19)11-20/h2,4,6,8,11,13H,3,5,7,9-10H2,1H3. The maximum Gasteiger partial charge on any atom is 0.247 e. The van der Waals surface area contributed by atoms with Crippen molar-refractivity contribution in [1.82, 2.24) is 15.1 Å². The highest BCUT2D eigenvalue weighted by Crippen LogP contribution is 2.21. The average molecular weight is 285 g/mol. The van der Waals surface area contributed by atoms with Gasteiger partial charge in [0.2, 0.25) is 11.8 Å². The molecule has 110 valence electrons. The molecule has 0 saturated carbocycles. The highest BCUT2D eigenvalue weighted by Gasteiger charge is 2.21. The predicted octanol–water partition coefficient (Wildman–Crippen LogP) is 2.46. The van der Waals surface area contributed by atoms with E-state index >= 15 is 0 Å². The molecule has 1 fully saturated rings. The number of carbonyl (C=O) groups is 1. The minimum atomic E-state index is 0.137. The number of rotatable bonds is 4. The van der Waals surface area contributed by atoms with Crippen LogP contribution in [0.4, 0.5) is 0 Å².